The number of hydrogen-bond acceptors (Lipinski definition) is 4. The molecule has 0 saturated carbocycles. The Labute approximate surface area is 130 Å². The molecule has 1 aromatic carbocycles. The van der Waals surface area contributed by atoms with Crippen molar-refractivity contribution in [1.82, 2.24) is 4.90 Å². The van der Waals surface area contributed by atoms with Crippen molar-refractivity contribution in [2.45, 2.75) is 32.2 Å². The van der Waals surface area contributed by atoms with Gasteiger partial charge in [0.2, 0.25) is 0 Å². The van der Waals surface area contributed by atoms with Gasteiger partial charge in [0.1, 0.15) is 0 Å². The van der Waals surface area contributed by atoms with E-state index < -0.39 is 5.97 Å². The maximum absolute atomic E-state index is 12.4. The van der Waals surface area contributed by atoms with Gasteiger partial charge in [-0.1, -0.05) is 0 Å². The maximum atomic E-state index is 12.4. The summed E-state index contributed by atoms with van der Waals surface area (Å²) in [5, 5.41) is 12.2. The molecule has 0 aliphatic carbocycles. The molecule has 2 rings (SSSR count). The Kier molecular flexibility index (Phi) is 5.38. The van der Waals surface area contributed by atoms with Crippen LogP contribution in [0.2, 0.25) is 0 Å². The summed E-state index contributed by atoms with van der Waals surface area (Å²) in [5.74, 6) is -0.405. The fourth-order valence-electron chi connectivity index (χ4n) is 2.69. The largest absolute Gasteiger partial charge is 0.465 e. The number of urea groups is 1. The third-order valence-electron chi connectivity index (χ3n) is 3.99. The first-order chi connectivity index (χ1) is 10.6. The summed E-state index contributed by atoms with van der Waals surface area (Å²) in [5.41, 5.74) is 1.89. The van der Waals surface area contributed by atoms with Gasteiger partial charge in [0.25, 0.3) is 0 Å². The van der Waals surface area contributed by atoms with Crippen LogP contribution >= 0.6 is 0 Å². The van der Waals surface area contributed by atoms with Crippen LogP contribution in [-0.2, 0) is 4.74 Å². The van der Waals surface area contributed by atoms with Gasteiger partial charge in [-0.3, -0.25) is 0 Å². The second-order valence-corrected chi connectivity index (χ2v) is 5.48. The number of carbonyl (C=O) groups is 2. The Hall–Kier alpha value is -2.08. The molecule has 0 radical (unpaired) electrons. The second-order valence-electron chi connectivity index (χ2n) is 5.48. The maximum Gasteiger partial charge on any atom is 0.337 e. The first kappa shape index (κ1) is 16.3. The highest BCUT2D eigenvalue weighted by Gasteiger charge is 2.26. The summed E-state index contributed by atoms with van der Waals surface area (Å²) in [7, 11) is 1.33. The molecule has 1 heterocycles. The van der Waals surface area contributed by atoms with Crippen LogP contribution < -0.4 is 5.32 Å². The van der Waals surface area contributed by atoms with E-state index in [9.17, 15) is 14.7 Å². The molecule has 6 heteroatoms. The van der Waals surface area contributed by atoms with E-state index in [2.05, 4.69) is 10.1 Å². The third-order valence-corrected chi connectivity index (χ3v) is 3.99. The number of amides is 2. The summed E-state index contributed by atoms with van der Waals surface area (Å²) >= 11 is 0. The summed E-state index contributed by atoms with van der Waals surface area (Å²) in [6.07, 6.45) is 2.80. The van der Waals surface area contributed by atoms with Crippen molar-refractivity contribution in [2.75, 3.05) is 25.6 Å². The minimum atomic E-state index is -0.405. The number of likely N-dealkylation sites (tertiary alicyclic amines) is 1. The van der Waals surface area contributed by atoms with Gasteiger partial charge in [-0.05, 0) is 49.9 Å². The van der Waals surface area contributed by atoms with Gasteiger partial charge in [0.05, 0.1) is 25.3 Å². The number of ether oxygens (including phenoxy) is 1. The summed E-state index contributed by atoms with van der Waals surface area (Å²) < 4.78 is 4.67. The molecule has 120 valence electrons. The standard InChI is InChI=1S/C16H22N2O4/c1-11-9-12(15(20)22-2)6-7-14(11)17-16(21)18-8-4-3-5-13(18)10-19/h6-7,9,13,19H,3-5,8,10H2,1-2H3,(H,17,21)/t13-/m1/s1. The fraction of sp³-hybridized carbons (Fsp3) is 0.500. The van der Waals surface area contributed by atoms with Crippen LogP contribution in [-0.4, -0.2) is 48.3 Å². The average molecular weight is 306 g/mol. The number of benzene rings is 1. The molecule has 1 fully saturated rings. The smallest absolute Gasteiger partial charge is 0.337 e. The minimum absolute atomic E-state index is 0.0202. The number of methoxy groups -OCH3 is 1. The number of anilines is 1. The molecule has 0 aromatic heterocycles. The molecule has 2 amide bonds. The van der Waals surface area contributed by atoms with Crippen molar-refractivity contribution < 1.29 is 19.4 Å². The Morgan fingerprint density at radius 3 is 2.82 bits per heavy atom. The first-order valence-corrected chi connectivity index (χ1v) is 7.44. The predicted octanol–water partition coefficient (Wildman–Crippen LogP) is 2.16. The summed E-state index contributed by atoms with van der Waals surface area (Å²) in [6, 6.07) is 4.66. The van der Waals surface area contributed by atoms with E-state index in [1.54, 1.807) is 23.1 Å². The molecule has 22 heavy (non-hydrogen) atoms. The lowest BCUT2D eigenvalue weighted by atomic mass is 10.0. The summed E-state index contributed by atoms with van der Waals surface area (Å²) in [6.45, 7) is 2.45. The van der Waals surface area contributed by atoms with Crippen LogP contribution in [0.15, 0.2) is 18.2 Å². The molecule has 6 nitrogen and oxygen atoms in total. The second kappa shape index (κ2) is 7.26. The Bertz CT molecular complexity index is 559. The quantitative estimate of drug-likeness (QED) is 0.839. The van der Waals surface area contributed by atoms with Gasteiger partial charge in [-0.2, -0.15) is 0 Å². The van der Waals surface area contributed by atoms with Crippen LogP contribution in [0.5, 0.6) is 0 Å². The van der Waals surface area contributed by atoms with Crippen LogP contribution in [0, 0.1) is 6.92 Å². The van der Waals surface area contributed by atoms with E-state index in [1.165, 1.54) is 7.11 Å². The van der Waals surface area contributed by atoms with Gasteiger partial charge in [-0.25, -0.2) is 9.59 Å². The monoisotopic (exact) mass is 306 g/mol. The van der Waals surface area contributed by atoms with Gasteiger partial charge < -0.3 is 20.1 Å². The van der Waals surface area contributed by atoms with Crippen LogP contribution in [0.4, 0.5) is 10.5 Å². The zero-order chi connectivity index (χ0) is 16.1. The Morgan fingerprint density at radius 2 is 2.18 bits per heavy atom. The molecule has 0 bridgehead atoms. The van der Waals surface area contributed by atoms with Crippen molar-refractivity contribution in [3.63, 3.8) is 0 Å². The SMILES string of the molecule is COC(=O)c1ccc(NC(=O)N2CCCC[C@@H]2CO)c(C)c1. The zero-order valence-corrected chi connectivity index (χ0v) is 13.0. The van der Waals surface area contributed by atoms with Gasteiger partial charge >= 0.3 is 12.0 Å². The minimum Gasteiger partial charge on any atom is -0.465 e. The fourth-order valence-corrected chi connectivity index (χ4v) is 2.69. The molecule has 1 saturated heterocycles. The van der Waals surface area contributed by atoms with Crippen molar-refractivity contribution in [3.05, 3.63) is 29.3 Å². The Morgan fingerprint density at radius 1 is 1.41 bits per heavy atom. The van der Waals surface area contributed by atoms with Crippen molar-refractivity contribution in [1.29, 1.82) is 0 Å². The van der Waals surface area contributed by atoms with E-state index in [-0.39, 0.29) is 18.7 Å². The lowest BCUT2D eigenvalue weighted by Gasteiger charge is -2.34. The van der Waals surface area contributed by atoms with E-state index >= 15 is 0 Å². The van der Waals surface area contributed by atoms with E-state index in [0.717, 1.165) is 24.8 Å². The Balaban J connectivity index is 2.09. The zero-order valence-electron chi connectivity index (χ0n) is 13.0. The van der Waals surface area contributed by atoms with E-state index in [1.807, 2.05) is 6.92 Å². The molecule has 1 aliphatic heterocycles. The average Bonchev–Trinajstić information content (AvgIpc) is 2.55. The van der Waals surface area contributed by atoms with E-state index in [4.69, 9.17) is 0 Å². The highest BCUT2D eigenvalue weighted by atomic mass is 16.5. The number of rotatable bonds is 3. The molecule has 1 aliphatic rings. The topological polar surface area (TPSA) is 78.9 Å². The number of aliphatic hydroxyl groups is 1. The lowest BCUT2D eigenvalue weighted by Crippen LogP contribution is -2.47. The molecule has 0 unspecified atom stereocenters. The number of nitrogens with zero attached hydrogens (tertiary/aromatic N) is 1. The van der Waals surface area contributed by atoms with Gasteiger partial charge in [0.15, 0.2) is 0 Å². The number of hydrogen-bond donors (Lipinski definition) is 2. The lowest BCUT2D eigenvalue weighted by molar-refractivity contribution is 0.0600. The van der Waals surface area contributed by atoms with Crippen LogP contribution in [0.1, 0.15) is 35.2 Å². The predicted molar refractivity (Wildman–Crippen MR) is 83.0 cm³/mol. The first-order valence-electron chi connectivity index (χ1n) is 7.44. The number of esters is 1. The number of aryl methyl sites for hydroxylation is 1. The van der Waals surface area contributed by atoms with Gasteiger partial charge in [-0.15, -0.1) is 0 Å². The molecule has 1 atom stereocenters. The molecule has 0 spiro atoms. The molecular formula is C16H22N2O4. The number of carbonyl (C=O) groups excluding carboxylic acids is 2. The van der Waals surface area contributed by atoms with Crippen molar-refractivity contribution >= 4 is 17.7 Å². The highest BCUT2D eigenvalue weighted by molar-refractivity contribution is 5.93. The van der Waals surface area contributed by atoms with Crippen LogP contribution in [0.3, 0.4) is 0 Å². The molecular weight excluding hydrogens is 284 g/mol. The van der Waals surface area contributed by atoms with Gasteiger partial charge in [0, 0.05) is 12.2 Å². The van der Waals surface area contributed by atoms with Crippen LogP contribution in [0.25, 0.3) is 0 Å². The number of piperidine rings is 1. The molecule has 2 N–H and O–H groups in total. The number of nitrogens with one attached hydrogen (secondary N) is 1. The normalized spacial score (nSPS) is 18.0. The van der Waals surface area contributed by atoms with Crippen molar-refractivity contribution in [3.8, 4) is 0 Å². The molecule has 1 aromatic rings. The van der Waals surface area contributed by atoms with Crippen molar-refractivity contribution in [2.24, 2.45) is 0 Å². The summed E-state index contributed by atoms with van der Waals surface area (Å²) in [4.78, 5) is 25.5. The number of aliphatic hydroxyl groups excluding tert-OH is 1. The van der Waals surface area contributed by atoms with E-state index in [0.29, 0.717) is 17.8 Å². The third kappa shape index (κ3) is 3.57. The highest BCUT2D eigenvalue weighted by Crippen LogP contribution is 2.21.